The molecule has 0 aromatic carbocycles. The van der Waals surface area contributed by atoms with Crippen LogP contribution in [0.25, 0.3) is 0 Å². The minimum Gasteiger partial charge on any atom is -0.469 e. The zero-order valence-electron chi connectivity index (χ0n) is 14.7. The second-order valence-corrected chi connectivity index (χ2v) is 8.23. The lowest BCUT2D eigenvalue weighted by Gasteiger charge is -2.46. The number of hydrogen-bond donors (Lipinski definition) is 0. The molecule has 0 bridgehead atoms. The van der Waals surface area contributed by atoms with E-state index in [1.54, 1.807) is 0 Å². The van der Waals surface area contributed by atoms with Gasteiger partial charge in [0, 0.05) is 24.2 Å². The van der Waals surface area contributed by atoms with Gasteiger partial charge in [-0.2, -0.15) is 0 Å². The number of esters is 1. The predicted octanol–water partition coefficient (Wildman–Crippen LogP) is 3.71. The molecule has 0 fully saturated rings. The molecule has 0 saturated heterocycles. The molecule has 0 aliphatic rings. The summed E-state index contributed by atoms with van der Waals surface area (Å²) in [6.07, 6.45) is 0.471. The van der Waals surface area contributed by atoms with E-state index in [1.165, 1.54) is 7.11 Å². The van der Waals surface area contributed by atoms with Gasteiger partial charge in [0.15, 0.2) is 0 Å². The summed E-state index contributed by atoms with van der Waals surface area (Å²) in [5.74, 6) is -0.117. The van der Waals surface area contributed by atoms with E-state index in [-0.39, 0.29) is 5.97 Å². The van der Waals surface area contributed by atoms with Crippen molar-refractivity contribution in [1.82, 2.24) is 9.34 Å². The molecular weight excluding hydrogens is 271 g/mol. The van der Waals surface area contributed by atoms with Gasteiger partial charge in [-0.3, -0.25) is 14.1 Å². The Labute approximate surface area is 126 Å². The molecule has 0 N–H and O–H groups in total. The number of nitrogens with zero attached hydrogens (tertiary/aromatic N) is 2. The fraction of sp³-hybridized carbons (Fsp3) is 0.933. The molecule has 0 amide bonds. The Balaban J connectivity index is 5.47. The van der Waals surface area contributed by atoms with Gasteiger partial charge in [-0.05, 0) is 55.4 Å². The summed E-state index contributed by atoms with van der Waals surface area (Å²) >= 11 is 0. The van der Waals surface area contributed by atoms with E-state index < -0.39 is 8.22 Å². The van der Waals surface area contributed by atoms with Crippen LogP contribution in [0.1, 0.15) is 55.4 Å². The highest BCUT2D eigenvalue weighted by molar-refractivity contribution is 7.53. The van der Waals surface area contributed by atoms with Crippen molar-refractivity contribution in [3.8, 4) is 0 Å². The summed E-state index contributed by atoms with van der Waals surface area (Å²) < 4.78 is 9.85. The fourth-order valence-corrected chi connectivity index (χ4v) is 5.78. The molecule has 0 atom stereocenters. The SMILES string of the molecule is COC(=O)CP(N(C(C)C)C(C)C)N(C(C)C)C(C)C. The molecular formula is C15H33N2O2P. The molecule has 0 spiro atoms. The molecule has 4 nitrogen and oxygen atoms in total. The van der Waals surface area contributed by atoms with E-state index in [9.17, 15) is 4.79 Å². The largest absolute Gasteiger partial charge is 0.469 e. The van der Waals surface area contributed by atoms with E-state index in [0.29, 0.717) is 30.3 Å². The van der Waals surface area contributed by atoms with Gasteiger partial charge in [-0.1, -0.05) is 0 Å². The Hall–Kier alpha value is -0.180. The second kappa shape index (κ2) is 8.96. The van der Waals surface area contributed by atoms with E-state index in [2.05, 4.69) is 64.7 Å². The molecule has 0 heterocycles. The molecule has 120 valence electrons. The van der Waals surface area contributed by atoms with Crippen molar-refractivity contribution in [3.05, 3.63) is 0 Å². The van der Waals surface area contributed by atoms with Crippen LogP contribution in [0, 0.1) is 0 Å². The number of carbonyl (C=O) groups excluding carboxylic acids is 1. The Morgan fingerprint density at radius 3 is 1.35 bits per heavy atom. The normalized spacial score (nSPS) is 12.8. The van der Waals surface area contributed by atoms with Crippen molar-refractivity contribution in [2.75, 3.05) is 13.3 Å². The quantitative estimate of drug-likeness (QED) is 0.505. The molecule has 0 aromatic heterocycles. The zero-order chi connectivity index (χ0) is 16.0. The Bertz CT molecular complexity index is 258. The maximum atomic E-state index is 11.9. The number of carbonyl (C=O) groups is 1. The lowest BCUT2D eigenvalue weighted by atomic mass is 10.3. The Kier molecular flexibility index (Phi) is 8.88. The highest BCUT2D eigenvalue weighted by Crippen LogP contribution is 2.49. The molecule has 0 aromatic rings. The van der Waals surface area contributed by atoms with Crippen LogP contribution in [0.15, 0.2) is 0 Å². The first-order valence-corrected chi connectivity index (χ1v) is 8.97. The number of ether oxygens (including phenoxy) is 1. The molecule has 0 saturated carbocycles. The lowest BCUT2D eigenvalue weighted by Crippen LogP contribution is -2.44. The number of methoxy groups -OCH3 is 1. The van der Waals surface area contributed by atoms with Crippen LogP contribution in [0.3, 0.4) is 0 Å². The van der Waals surface area contributed by atoms with Gasteiger partial charge >= 0.3 is 5.97 Å². The van der Waals surface area contributed by atoms with Crippen molar-refractivity contribution in [1.29, 1.82) is 0 Å². The van der Waals surface area contributed by atoms with Crippen molar-refractivity contribution >= 4 is 14.2 Å². The van der Waals surface area contributed by atoms with E-state index in [4.69, 9.17) is 4.74 Å². The van der Waals surface area contributed by atoms with Gasteiger partial charge in [0.1, 0.15) is 0 Å². The van der Waals surface area contributed by atoms with Crippen molar-refractivity contribution < 1.29 is 9.53 Å². The first-order valence-electron chi connectivity index (χ1n) is 7.54. The summed E-state index contributed by atoms with van der Waals surface area (Å²) in [6.45, 7) is 17.6. The van der Waals surface area contributed by atoms with Gasteiger partial charge < -0.3 is 4.74 Å². The maximum absolute atomic E-state index is 11.9. The topological polar surface area (TPSA) is 32.8 Å². The van der Waals surface area contributed by atoms with Crippen LogP contribution in [0.4, 0.5) is 0 Å². The number of hydrogen-bond acceptors (Lipinski definition) is 4. The molecule has 0 aliphatic heterocycles. The molecule has 5 heteroatoms. The van der Waals surface area contributed by atoms with Crippen LogP contribution in [0.5, 0.6) is 0 Å². The first-order chi connectivity index (χ1) is 9.13. The van der Waals surface area contributed by atoms with E-state index in [0.717, 1.165) is 0 Å². The van der Waals surface area contributed by atoms with Crippen molar-refractivity contribution in [2.24, 2.45) is 0 Å². The van der Waals surface area contributed by atoms with Gasteiger partial charge in [0.25, 0.3) is 0 Å². The van der Waals surface area contributed by atoms with Crippen LogP contribution in [-0.4, -0.2) is 52.7 Å². The first kappa shape index (κ1) is 19.8. The van der Waals surface area contributed by atoms with Gasteiger partial charge in [-0.15, -0.1) is 0 Å². The molecule has 20 heavy (non-hydrogen) atoms. The molecule has 0 rings (SSSR count). The summed E-state index contributed by atoms with van der Waals surface area (Å²) in [5, 5.41) is 0. The van der Waals surface area contributed by atoms with Crippen LogP contribution in [0.2, 0.25) is 0 Å². The third kappa shape index (κ3) is 5.67. The minimum absolute atomic E-state index is 0.117. The smallest absolute Gasteiger partial charge is 0.312 e. The van der Waals surface area contributed by atoms with Crippen molar-refractivity contribution in [3.63, 3.8) is 0 Å². The van der Waals surface area contributed by atoms with Crippen LogP contribution < -0.4 is 0 Å². The van der Waals surface area contributed by atoms with Gasteiger partial charge in [0.2, 0.25) is 0 Å². The van der Waals surface area contributed by atoms with E-state index in [1.807, 2.05) is 0 Å². The average Bonchev–Trinajstić information content (AvgIpc) is 2.26. The molecule has 0 aliphatic carbocycles. The highest BCUT2D eigenvalue weighted by Gasteiger charge is 2.34. The average molecular weight is 304 g/mol. The molecule has 0 unspecified atom stereocenters. The summed E-state index contributed by atoms with van der Waals surface area (Å²) in [4.78, 5) is 11.9. The summed E-state index contributed by atoms with van der Waals surface area (Å²) in [5.41, 5.74) is 0. The molecule has 0 radical (unpaired) electrons. The lowest BCUT2D eigenvalue weighted by molar-refractivity contribution is -0.137. The summed E-state index contributed by atoms with van der Waals surface area (Å²) in [7, 11) is 0.774. The zero-order valence-corrected chi connectivity index (χ0v) is 15.6. The Morgan fingerprint density at radius 1 is 0.850 bits per heavy atom. The maximum Gasteiger partial charge on any atom is 0.312 e. The third-order valence-corrected chi connectivity index (χ3v) is 6.60. The van der Waals surface area contributed by atoms with E-state index >= 15 is 0 Å². The number of rotatable bonds is 8. The standard InChI is InChI=1S/C15H33N2O2P/c1-11(2)16(12(3)4)20(10-15(18)19-9)17(13(5)6)14(7)8/h11-14H,10H2,1-9H3. The minimum atomic E-state index is -0.698. The van der Waals surface area contributed by atoms with Gasteiger partial charge in [-0.25, -0.2) is 0 Å². The second-order valence-electron chi connectivity index (χ2n) is 6.24. The fourth-order valence-electron chi connectivity index (χ4n) is 2.72. The Morgan fingerprint density at radius 2 is 1.15 bits per heavy atom. The monoisotopic (exact) mass is 304 g/mol. The highest BCUT2D eigenvalue weighted by atomic mass is 31.1. The summed E-state index contributed by atoms with van der Waals surface area (Å²) in [6, 6.07) is 1.63. The van der Waals surface area contributed by atoms with Crippen LogP contribution in [-0.2, 0) is 9.53 Å². The third-order valence-electron chi connectivity index (χ3n) is 3.15. The predicted molar refractivity (Wildman–Crippen MR) is 88.0 cm³/mol. The van der Waals surface area contributed by atoms with Crippen molar-refractivity contribution in [2.45, 2.75) is 79.6 Å². The van der Waals surface area contributed by atoms with Gasteiger partial charge in [0.05, 0.1) is 21.5 Å². The van der Waals surface area contributed by atoms with Crippen LogP contribution >= 0.6 is 8.22 Å².